The maximum Gasteiger partial charge on any atom is 0.454 e. The Labute approximate surface area is 95.4 Å². The molecule has 0 aliphatic carbocycles. The van der Waals surface area contributed by atoms with E-state index < -0.39 is 17.5 Å². The first-order chi connectivity index (χ1) is 7.98. The van der Waals surface area contributed by atoms with Crippen molar-refractivity contribution in [2.24, 2.45) is 0 Å². The Balaban J connectivity index is 2.12. The van der Waals surface area contributed by atoms with Crippen molar-refractivity contribution in [3.8, 4) is 0 Å². The summed E-state index contributed by atoms with van der Waals surface area (Å²) in [5.41, 5.74) is -0.413. The number of rotatable bonds is 2. The van der Waals surface area contributed by atoms with E-state index in [4.69, 9.17) is 4.74 Å². The normalized spacial score (nSPS) is 18.3. The molecule has 1 fully saturated rings. The van der Waals surface area contributed by atoms with Gasteiger partial charge in [0.2, 0.25) is 0 Å². The number of hydrogen-bond donors (Lipinski definition) is 0. The zero-order valence-electron chi connectivity index (χ0n) is 8.91. The first kappa shape index (κ1) is 12.1. The minimum atomic E-state index is -4.84. The van der Waals surface area contributed by atoms with Crippen molar-refractivity contribution in [3.05, 3.63) is 18.0 Å². The minimum Gasteiger partial charge on any atom is -0.381 e. The molecular formula is C10H11F3N2O2. The lowest BCUT2D eigenvalue weighted by Crippen LogP contribution is -2.22. The fraction of sp³-hybridized carbons (Fsp3) is 0.600. The molecule has 4 nitrogen and oxygen atoms in total. The van der Waals surface area contributed by atoms with Crippen LogP contribution in [0.5, 0.6) is 0 Å². The van der Waals surface area contributed by atoms with Gasteiger partial charge in [-0.15, -0.1) is 0 Å². The highest BCUT2D eigenvalue weighted by Crippen LogP contribution is 2.24. The summed E-state index contributed by atoms with van der Waals surface area (Å²) in [6.07, 6.45) is -1.33. The van der Waals surface area contributed by atoms with Gasteiger partial charge in [-0.05, 0) is 12.8 Å². The highest BCUT2D eigenvalue weighted by Gasteiger charge is 2.40. The van der Waals surface area contributed by atoms with Gasteiger partial charge in [0.25, 0.3) is 5.78 Å². The van der Waals surface area contributed by atoms with Gasteiger partial charge in [0.05, 0.1) is 17.8 Å². The van der Waals surface area contributed by atoms with E-state index in [1.807, 2.05) is 0 Å². The van der Waals surface area contributed by atoms with E-state index in [1.54, 1.807) is 0 Å². The average molecular weight is 248 g/mol. The summed E-state index contributed by atoms with van der Waals surface area (Å²) in [4.78, 5) is 11.0. The number of carbonyl (C=O) groups is 1. The van der Waals surface area contributed by atoms with E-state index >= 15 is 0 Å². The van der Waals surface area contributed by atoms with Crippen molar-refractivity contribution in [3.63, 3.8) is 0 Å². The summed E-state index contributed by atoms with van der Waals surface area (Å²) in [7, 11) is 0. The number of ketones is 1. The highest BCUT2D eigenvalue weighted by molar-refractivity contribution is 5.99. The smallest absolute Gasteiger partial charge is 0.381 e. The van der Waals surface area contributed by atoms with Crippen LogP contribution in [0.15, 0.2) is 12.4 Å². The van der Waals surface area contributed by atoms with Gasteiger partial charge in [-0.2, -0.15) is 18.3 Å². The van der Waals surface area contributed by atoms with Gasteiger partial charge in [0, 0.05) is 19.4 Å². The van der Waals surface area contributed by atoms with Crippen LogP contribution in [-0.2, 0) is 4.74 Å². The molecule has 1 aromatic heterocycles. The molecule has 0 saturated carbocycles. The molecule has 2 rings (SSSR count). The molecule has 94 valence electrons. The van der Waals surface area contributed by atoms with Crippen LogP contribution in [0, 0.1) is 0 Å². The first-order valence-corrected chi connectivity index (χ1v) is 5.22. The molecule has 0 aromatic carbocycles. The fourth-order valence-electron chi connectivity index (χ4n) is 1.77. The van der Waals surface area contributed by atoms with Crippen LogP contribution in [0.4, 0.5) is 13.2 Å². The summed E-state index contributed by atoms with van der Waals surface area (Å²) in [6.45, 7) is 1.13. The van der Waals surface area contributed by atoms with Crippen molar-refractivity contribution in [2.75, 3.05) is 13.2 Å². The predicted octanol–water partition coefficient (Wildman–Crippen LogP) is 1.98. The van der Waals surface area contributed by atoms with Gasteiger partial charge in [-0.1, -0.05) is 0 Å². The van der Waals surface area contributed by atoms with Gasteiger partial charge >= 0.3 is 6.18 Å². The topological polar surface area (TPSA) is 44.1 Å². The number of alkyl halides is 3. The van der Waals surface area contributed by atoms with E-state index in [1.165, 1.54) is 4.68 Å². The van der Waals surface area contributed by atoms with Crippen molar-refractivity contribution >= 4 is 5.78 Å². The lowest BCUT2D eigenvalue weighted by Gasteiger charge is -2.22. The average Bonchev–Trinajstić information content (AvgIpc) is 2.77. The molecular weight excluding hydrogens is 237 g/mol. The molecule has 0 radical (unpaired) electrons. The van der Waals surface area contributed by atoms with Gasteiger partial charge in [0.15, 0.2) is 0 Å². The summed E-state index contributed by atoms with van der Waals surface area (Å²) in [5.74, 6) is -1.85. The maximum absolute atomic E-state index is 12.2. The Bertz CT molecular complexity index is 408. The Morgan fingerprint density at radius 2 is 2.06 bits per heavy atom. The number of ether oxygens (including phenoxy) is 1. The minimum absolute atomic E-state index is 0.0125. The van der Waals surface area contributed by atoms with Crippen LogP contribution >= 0.6 is 0 Å². The van der Waals surface area contributed by atoms with Gasteiger partial charge < -0.3 is 4.74 Å². The number of carbonyl (C=O) groups excluding carboxylic acids is 1. The van der Waals surface area contributed by atoms with E-state index in [9.17, 15) is 18.0 Å². The van der Waals surface area contributed by atoms with E-state index in [2.05, 4.69) is 5.10 Å². The van der Waals surface area contributed by atoms with Crippen LogP contribution in [0.25, 0.3) is 0 Å². The standard InChI is InChI=1S/C10H11F3N2O2/c11-10(12,13)9(16)7-5-14-15(6-7)8-1-3-17-4-2-8/h5-6,8H,1-4H2. The lowest BCUT2D eigenvalue weighted by molar-refractivity contribution is -0.0885. The van der Waals surface area contributed by atoms with Crippen LogP contribution in [0.3, 0.4) is 0 Å². The zero-order chi connectivity index (χ0) is 12.5. The van der Waals surface area contributed by atoms with Crippen molar-refractivity contribution in [2.45, 2.75) is 25.1 Å². The van der Waals surface area contributed by atoms with E-state index in [0.717, 1.165) is 12.4 Å². The summed E-state index contributed by atoms with van der Waals surface area (Å²) in [5, 5.41) is 3.81. The molecule has 0 spiro atoms. The molecule has 0 bridgehead atoms. The van der Waals surface area contributed by atoms with E-state index in [0.29, 0.717) is 26.1 Å². The number of Topliss-reactive ketones (excluding diaryl/α,β-unsaturated/α-hetero) is 1. The second-order valence-corrected chi connectivity index (χ2v) is 3.88. The molecule has 0 N–H and O–H groups in total. The number of hydrogen-bond acceptors (Lipinski definition) is 3. The van der Waals surface area contributed by atoms with Crippen molar-refractivity contribution in [1.82, 2.24) is 9.78 Å². The molecule has 1 aromatic rings. The highest BCUT2D eigenvalue weighted by atomic mass is 19.4. The van der Waals surface area contributed by atoms with E-state index in [-0.39, 0.29) is 6.04 Å². The monoisotopic (exact) mass is 248 g/mol. The second-order valence-electron chi connectivity index (χ2n) is 3.88. The van der Waals surface area contributed by atoms with Crippen molar-refractivity contribution in [1.29, 1.82) is 0 Å². The SMILES string of the molecule is O=C(c1cnn(C2CCOCC2)c1)C(F)(F)F. The fourth-order valence-corrected chi connectivity index (χ4v) is 1.77. The Kier molecular flexibility index (Phi) is 3.19. The Morgan fingerprint density at radius 3 is 2.65 bits per heavy atom. The maximum atomic E-state index is 12.2. The largest absolute Gasteiger partial charge is 0.454 e. The van der Waals surface area contributed by atoms with Gasteiger partial charge in [0.1, 0.15) is 0 Å². The third-order valence-electron chi connectivity index (χ3n) is 2.69. The second kappa shape index (κ2) is 4.48. The van der Waals surface area contributed by atoms with Crippen LogP contribution < -0.4 is 0 Å². The quantitative estimate of drug-likeness (QED) is 0.752. The number of aromatic nitrogens is 2. The third kappa shape index (κ3) is 2.66. The molecule has 1 aliphatic rings. The third-order valence-corrected chi connectivity index (χ3v) is 2.69. The molecule has 2 heterocycles. The molecule has 0 unspecified atom stereocenters. The van der Waals surface area contributed by atoms with Crippen LogP contribution in [0.2, 0.25) is 0 Å². The molecule has 1 saturated heterocycles. The molecule has 17 heavy (non-hydrogen) atoms. The summed E-state index contributed by atoms with van der Waals surface area (Å²) < 4.78 is 43.1. The summed E-state index contributed by atoms with van der Waals surface area (Å²) >= 11 is 0. The number of halogens is 3. The molecule has 0 atom stereocenters. The lowest BCUT2D eigenvalue weighted by atomic mass is 10.1. The van der Waals surface area contributed by atoms with Gasteiger partial charge in [-0.3, -0.25) is 9.48 Å². The van der Waals surface area contributed by atoms with Crippen molar-refractivity contribution < 1.29 is 22.7 Å². The predicted molar refractivity (Wildman–Crippen MR) is 51.7 cm³/mol. The van der Waals surface area contributed by atoms with Gasteiger partial charge in [-0.25, -0.2) is 0 Å². The summed E-state index contributed by atoms with van der Waals surface area (Å²) in [6, 6.07) is 0.0125. The molecule has 0 amide bonds. The number of nitrogens with zero attached hydrogens (tertiary/aromatic N) is 2. The zero-order valence-corrected chi connectivity index (χ0v) is 8.91. The van der Waals surface area contributed by atoms with Crippen LogP contribution in [-0.4, -0.2) is 35.0 Å². The molecule has 1 aliphatic heterocycles. The Hall–Kier alpha value is -1.37. The molecule has 7 heteroatoms. The first-order valence-electron chi connectivity index (χ1n) is 5.22. The van der Waals surface area contributed by atoms with Crippen LogP contribution in [0.1, 0.15) is 29.2 Å². The Morgan fingerprint density at radius 1 is 1.41 bits per heavy atom.